The molecule has 0 amide bonds. The number of hydrogen-bond acceptors (Lipinski definition) is 9. The van der Waals surface area contributed by atoms with Gasteiger partial charge in [0.25, 0.3) is 0 Å². The maximum Gasteiger partial charge on any atom is 0.336 e. The fourth-order valence-corrected chi connectivity index (χ4v) is 1.43. The molecule has 23 heavy (non-hydrogen) atoms. The highest BCUT2D eigenvalue weighted by atomic mass is 16.5. The van der Waals surface area contributed by atoms with Crippen LogP contribution >= 0.6 is 0 Å². The summed E-state index contributed by atoms with van der Waals surface area (Å²) >= 11 is 0. The van der Waals surface area contributed by atoms with Crippen molar-refractivity contribution in [2.24, 2.45) is 10.8 Å². The van der Waals surface area contributed by atoms with Gasteiger partial charge < -0.3 is 40.1 Å². The molecule has 0 fully saturated rings. The number of carbonyl (C=O) groups is 1. The largest absolute Gasteiger partial charge is 0.515 e. The summed E-state index contributed by atoms with van der Waals surface area (Å²) in [5.74, 6) is -0.811. The molecular weight excluding hydrogens is 312 g/mol. The Morgan fingerprint density at radius 2 is 1.30 bits per heavy atom. The highest BCUT2D eigenvalue weighted by Gasteiger charge is 2.34. The molecule has 0 spiro atoms. The van der Waals surface area contributed by atoms with E-state index in [1.54, 1.807) is 0 Å². The molecule has 9 heteroatoms. The van der Waals surface area contributed by atoms with E-state index in [-0.39, 0.29) is 25.4 Å². The average molecular weight is 338 g/mol. The second kappa shape index (κ2) is 10.5. The Morgan fingerprint density at radius 3 is 1.70 bits per heavy atom. The predicted octanol–water partition coefficient (Wildman–Crippen LogP) is -2.06. The summed E-state index contributed by atoms with van der Waals surface area (Å²) in [6, 6.07) is 0. The summed E-state index contributed by atoms with van der Waals surface area (Å²) in [6.45, 7) is -2.14. The van der Waals surface area contributed by atoms with E-state index < -0.39 is 49.8 Å². The Morgan fingerprint density at radius 1 is 0.870 bits per heavy atom. The van der Waals surface area contributed by atoms with Gasteiger partial charge in [-0.2, -0.15) is 0 Å². The van der Waals surface area contributed by atoms with Crippen LogP contribution in [0, 0.1) is 10.8 Å². The van der Waals surface area contributed by atoms with E-state index in [1.165, 1.54) is 6.92 Å². The van der Waals surface area contributed by atoms with Crippen LogP contribution in [0.25, 0.3) is 0 Å². The lowest BCUT2D eigenvalue weighted by Gasteiger charge is -2.32. The number of esters is 1. The van der Waals surface area contributed by atoms with Crippen LogP contribution in [0.5, 0.6) is 0 Å². The van der Waals surface area contributed by atoms with Crippen molar-refractivity contribution in [1.29, 1.82) is 0 Å². The fraction of sp³-hybridized carbons (Fsp3) is 0.786. The number of aliphatic hydroxyl groups is 6. The third kappa shape index (κ3) is 6.42. The van der Waals surface area contributed by atoms with Gasteiger partial charge in [0.2, 0.25) is 0 Å². The van der Waals surface area contributed by atoms with Crippen LogP contribution in [0.15, 0.2) is 11.8 Å². The topological polar surface area (TPSA) is 157 Å². The zero-order valence-corrected chi connectivity index (χ0v) is 13.1. The van der Waals surface area contributed by atoms with E-state index in [9.17, 15) is 30.3 Å². The van der Waals surface area contributed by atoms with Crippen molar-refractivity contribution in [3.05, 3.63) is 11.8 Å². The minimum Gasteiger partial charge on any atom is -0.515 e. The Labute approximate surface area is 134 Å². The lowest BCUT2D eigenvalue weighted by molar-refractivity contribution is -0.150. The molecule has 0 radical (unpaired) electrons. The maximum absolute atomic E-state index is 11.5. The van der Waals surface area contributed by atoms with Crippen LogP contribution in [0.4, 0.5) is 0 Å². The Hall–Kier alpha value is -1.23. The lowest BCUT2D eigenvalue weighted by Crippen LogP contribution is -2.44. The zero-order chi connectivity index (χ0) is 17.9. The molecule has 0 aliphatic rings. The van der Waals surface area contributed by atoms with Crippen LogP contribution in [0.1, 0.15) is 6.92 Å². The maximum atomic E-state index is 11.5. The highest BCUT2D eigenvalue weighted by Crippen LogP contribution is 2.21. The normalized spacial score (nSPS) is 13.2. The minimum absolute atomic E-state index is 0.0458. The third-order valence-electron chi connectivity index (χ3n) is 3.52. The quantitative estimate of drug-likeness (QED) is 0.134. The highest BCUT2D eigenvalue weighted by molar-refractivity contribution is 5.87. The molecule has 0 bridgehead atoms. The van der Waals surface area contributed by atoms with E-state index in [2.05, 4.69) is 0 Å². The Bertz CT molecular complexity index is 364. The van der Waals surface area contributed by atoms with Crippen molar-refractivity contribution in [2.75, 3.05) is 52.9 Å². The summed E-state index contributed by atoms with van der Waals surface area (Å²) in [5, 5.41) is 55.1. The van der Waals surface area contributed by atoms with E-state index >= 15 is 0 Å². The van der Waals surface area contributed by atoms with Gasteiger partial charge in [-0.05, 0) is 6.92 Å². The van der Waals surface area contributed by atoms with Crippen LogP contribution in [-0.4, -0.2) is 89.5 Å². The standard InChI is InChI=1S/C14H26O9/c1-11(2-15)12(21)23-10-14(6-19,7-20)9-22-8-13(3-16,4-17)5-18/h2,15-20H,3-10H2,1H3. The van der Waals surface area contributed by atoms with E-state index in [0.717, 1.165) is 0 Å². The Kier molecular flexibility index (Phi) is 9.96. The number of hydrogen-bond donors (Lipinski definition) is 6. The molecular formula is C14H26O9. The first-order valence-corrected chi connectivity index (χ1v) is 6.98. The Balaban J connectivity index is 4.69. The van der Waals surface area contributed by atoms with E-state index in [1.807, 2.05) is 0 Å². The molecule has 9 nitrogen and oxygen atoms in total. The third-order valence-corrected chi connectivity index (χ3v) is 3.52. The van der Waals surface area contributed by atoms with Crippen molar-refractivity contribution in [3.63, 3.8) is 0 Å². The zero-order valence-electron chi connectivity index (χ0n) is 13.1. The molecule has 136 valence electrons. The van der Waals surface area contributed by atoms with E-state index in [4.69, 9.17) is 14.6 Å². The molecule has 0 rings (SSSR count). The van der Waals surface area contributed by atoms with Gasteiger partial charge in [0.1, 0.15) is 6.61 Å². The van der Waals surface area contributed by atoms with Gasteiger partial charge in [-0.15, -0.1) is 0 Å². The summed E-state index contributed by atoms with van der Waals surface area (Å²) < 4.78 is 10.2. The van der Waals surface area contributed by atoms with Crippen LogP contribution < -0.4 is 0 Å². The van der Waals surface area contributed by atoms with Crippen molar-refractivity contribution in [1.82, 2.24) is 0 Å². The van der Waals surface area contributed by atoms with Gasteiger partial charge >= 0.3 is 5.97 Å². The summed E-state index contributed by atoms with van der Waals surface area (Å²) in [6.07, 6.45) is 0.580. The van der Waals surface area contributed by atoms with Crippen LogP contribution in [0.3, 0.4) is 0 Å². The molecule has 0 aromatic rings. The van der Waals surface area contributed by atoms with Gasteiger partial charge in [0.15, 0.2) is 0 Å². The minimum atomic E-state index is -1.29. The second-order valence-electron chi connectivity index (χ2n) is 5.67. The lowest BCUT2D eigenvalue weighted by atomic mass is 9.90. The first kappa shape index (κ1) is 21.8. The first-order valence-electron chi connectivity index (χ1n) is 6.98. The van der Waals surface area contributed by atoms with Crippen molar-refractivity contribution in [3.8, 4) is 0 Å². The van der Waals surface area contributed by atoms with Crippen molar-refractivity contribution >= 4 is 5.97 Å². The number of aliphatic hydroxyl groups excluding tert-OH is 6. The monoisotopic (exact) mass is 338 g/mol. The molecule has 0 aliphatic heterocycles. The second-order valence-corrected chi connectivity index (χ2v) is 5.67. The first-order chi connectivity index (χ1) is 10.9. The smallest absolute Gasteiger partial charge is 0.336 e. The average Bonchev–Trinajstić information content (AvgIpc) is 2.61. The summed E-state index contributed by atoms with van der Waals surface area (Å²) in [5.41, 5.74) is -2.59. The van der Waals surface area contributed by atoms with Gasteiger partial charge in [-0.1, -0.05) is 0 Å². The number of ether oxygens (including phenoxy) is 2. The SMILES string of the molecule is CC(=CO)C(=O)OCC(CO)(CO)COCC(CO)(CO)CO. The molecule has 0 unspecified atom stereocenters. The van der Waals surface area contributed by atoms with Gasteiger partial charge in [0.05, 0.1) is 68.9 Å². The van der Waals surface area contributed by atoms with Gasteiger partial charge in [-0.3, -0.25) is 0 Å². The van der Waals surface area contributed by atoms with E-state index in [0.29, 0.717) is 6.26 Å². The molecule has 0 saturated carbocycles. The molecule has 0 aromatic carbocycles. The molecule has 0 aromatic heterocycles. The van der Waals surface area contributed by atoms with Gasteiger partial charge in [0, 0.05) is 0 Å². The van der Waals surface area contributed by atoms with Crippen molar-refractivity contribution in [2.45, 2.75) is 6.92 Å². The van der Waals surface area contributed by atoms with Crippen molar-refractivity contribution < 1.29 is 44.9 Å². The summed E-state index contributed by atoms with van der Waals surface area (Å²) in [7, 11) is 0. The molecule has 6 N–H and O–H groups in total. The predicted molar refractivity (Wildman–Crippen MR) is 78.5 cm³/mol. The fourth-order valence-electron chi connectivity index (χ4n) is 1.43. The summed E-state index contributed by atoms with van der Waals surface area (Å²) in [4.78, 5) is 11.5. The van der Waals surface area contributed by atoms with Crippen LogP contribution in [-0.2, 0) is 14.3 Å². The number of carbonyl (C=O) groups excluding carboxylic acids is 1. The molecule has 0 saturated heterocycles. The van der Waals surface area contributed by atoms with Gasteiger partial charge in [-0.25, -0.2) is 4.79 Å². The van der Waals surface area contributed by atoms with Crippen LogP contribution in [0.2, 0.25) is 0 Å². The molecule has 0 heterocycles. The number of rotatable bonds is 12. The molecule has 0 atom stereocenters. The molecule has 0 aliphatic carbocycles.